The van der Waals surface area contributed by atoms with Gasteiger partial charge in [-0.2, -0.15) is 5.26 Å². The number of sulfone groups is 1. The van der Waals surface area contributed by atoms with Gasteiger partial charge >= 0.3 is 0 Å². The minimum atomic E-state index is -3.27. The SMILES string of the molecule is CCS(=O)(=O)[C@@H]1[C@@H](c2ccccc2)[C@@]1(C#N)COC. The number of nitrogens with zero attached hydrogens (tertiary/aromatic N) is 1. The summed E-state index contributed by atoms with van der Waals surface area (Å²) in [5.41, 5.74) is -0.0478. The highest BCUT2D eigenvalue weighted by Crippen LogP contribution is 2.62. The van der Waals surface area contributed by atoms with Gasteiger partial charge in [-0.3, -0.25) is 0 Å². The molecule has 0 heterocycles. The van der Waals surface area contributed by atoms with Crippen molar-refractivity contribution in [3.63, 3.8) is 0 Å². The first kappa shape index (κ1) is 14.0. The van der Waals surface area contributed by atoms with Crippen LogP contribution < -0.4 is 0 Å². The molecule has 19 heavy (non-hydrogen) atoms. The normalized spacial score (nSPS) is 29.7. The minimum Gasteiger partial charge on any atom is -0.383 e. The molecule has 102 valence electrons. The fourth-order valence-corrected chi connectivity index (χ4v) is 4.82. The van der Waals surface area contributed by atoms with Crippen LogP contribution in [0, 0.1) is 16.7 Å². The Morgan fingerprint density at radius 2 is 2.00 bits per heavy atom. The van der Waals surface area contributed by atoms with Gasteiger partial charge in [-0.1, -0.05) is 37.3 Å². The maximum atomic E-state index is 12.2. The van der Waals surface area contributed by atoms with Gasteiger partial charge in [0.15, 0.2) is 9.84 Å². The molecule has 0 aromatic heterocycles. The Morgan fingerprint density at radius 3 is 2.47 bits per heavy atom. The van der Waals surface area contributed by atoms with Gasteiger partial charge in [0.25, 0.3) is 0 Å². The third-order valence-corrected chi connectivity index (χ3v) is 6.07. The van der Waals surface area contributed by atoms with Gasteiger partial charge in [-0.15, -0.1) is 0 Å². The Hall–Kier alpha value is -1.38. The third kappa shape index (κ3) is 2.15. The average Bonchev–Trinajstić information content (AvgIpc) is 3.10. The summed E-state index contributed by atoms with van der Waals surface area (Å²) in [4.78, 5) is 0. The van der Waals surface area contributed by atoms with Crippen molar-refractivity contribution in [2.75, 3.05) is 19.5 Å². The molecule has 0 saturated heterocycles. The Labute approximate surface area is 113 Å². The van der Waals surface area contributed by atoms with Gasteiger partial charge in [-0.25, -0.2) is 8.42 Å². The smallest absolute Gasteiger partial charge is 0.155 e. The molecule has 1 fully saturated rings. The first-order valence-electron chi connectivity index (χ1n) is 6.20. The zero-order valence-corrected chi connectivity index (χ0v) is 11.9. The zero-order chi connectivity index (χ0) is 14.1. The molecule has 0 amide bonds. The monoisotopic (exact) mass is 279 g/mol. The van der Waals surface area contributed by atoms with Crippen LogP contribution in [0.15, 0.2) is 30.3 Å². The lowest BCUT2D eigenvalue weighted by molar-refractivity contribution is 0.162. The van der Waals surface area contributed by atoms with E-state index in [0.717, 1.165) is 5.56 Å². The van der Waals surface area contributed by atoms with Crippen LogP contribution >= 0.6 is 0 Å². The van der Waals surface area contributed by atoms with Gasteiger partial charge in [0.1, 0.15) is 5.41 Å². The summed E-state index contributed by atoms with van der Waals surface area (Å²) in [6, 6.07) is 11.5. The van der Waals surface area contributed by atoms with Crippen molar-refractivity contribution in [1.82, 2.24) is 0 Å². The molecule has 3 atom stereocenters. The Balaban J connectivity index is 2.45. The zero-order valence-electron chi connectivity index (χ0n) is 11.0. The fourth-order valence-electron chi connectivity index (χ4n) is 2.82. The molecule has 0 radical (unpaired) electrons. The van der Waals surface area contributed by atoms with Crippen molar-refractivity contribution in [1.29, 1.82) is 5.26 Å². The van der Waals surface area contributed by atoms with Crippen LogP contribution in [0.4, 0.5) is 0 Å². The summed E-state index contributed by atoms with van der Waals surface area (Å²) in [5.74, 6) is -0.239. The first-order chi connectivity index (χ1) is 9.03. The summed E-state index contributed by atoms with van der Waals surface area (Å²) in [5, 5.41) is 8.80. The van der Waals surface area contributed by atoms with E-state index in [1.54, 1.807) is 6.92 Å². The lowest BCUT2D eigenvalue weighted by Gasteiger charge is -2.07. The minimum absolute atomic E-state index is 0.0497. The molecule has 0 aliphatic heterocycles. The molecule has 1 saturated carbocycles. The predicted molar refractivity (Wildman–Crippen MR) is 72.4 cm³/mol. The number of methoxy groups -OCH3 is 1. The molecule has 1 aliphatic rings. The fraction of sp³-hybridized carbons (Fsp3) is 0.500. The molecular weight excluding hydrogens is 262 g/mol. The van der Waals surface area contributed by atoms with E-state index in [1.165, 1.54) is 7.11 Å². The number of benzene rings is 1. The summed E-state index contributed by atoms with van der Waals surface area (Å²) in [6.07, 6.45) is 0. The average molecular weight is 279 g/mol. The lowest BCUT2D eigenvalue weighted by atomic mass is 10.0. The molecule has 1 aliphatic carbocycles. The second kappa shape index (κ2) is 4.95. The van der Waals surface area contributed by atoms with Gasteiger partial charge in [-0.05, 0) is 5.56 Å². The van der Waals surface area contributed by atoms with Crippen molar-refractivity contribution < 1.29 is 13.2 Å². The Bertz CT molecular complexity index is 591. The summed E-state index contributed by atoms with van der Waals surface area (Å²) in [6.45, 7) is 1.76. The van der Waals surface area contributed by atoms with Crippen molar-refractivity contribution in [2.24, 2.45) is 5.41 Å². The van der Waals surface area contributed by atoms with Crippen LogP contribution in [0.25, 0.3) is 0 Å². The predicted octanol–water partition coefficient (Wildman–Crippen LogP) is 1.74. The third-order valence-electron chi connectivity index (χ3n) is 3.80. The molecule has 1 aromatic rings. The Kier molecular flexibility index (Phi) is 3.66. The van der Waals surface area contributed by atoms with Gasteiger partial charge in [0.2, 0.25) is 0 Å². The largest absolute Gasteiger partial charge is 0.383 e. The van der Waals surface area contributed by atoms with Crippen molar-refractivity contribution in [2.45, 2.75) is 18.1 Å². The second-order valence-corrected chi connectivity index (χ2v) is 7.26. The van der Waals surface area contributed by atoms with Crippen LogP contribution in [0.1, 0.15) is 18.4 Å². The van der Waals surface area contributed by atoms with Crippen molar-refractivity contribution in [3.8, 4) is 6.07 Å². The highest BCUT2D eigenvalue weighted by molar-refractivity contribution is 7.92. The second-order valence-electron chi connectivity index (χ2n) is 4.85. The highest BCUT2D eigenvalue weighted by atomic mass is 32.2. The molecule has 0 unspecified atom stereocenters. The highest BCUT2D eigenvalue weighted by Gasteiger charge is 2.71. The molecule has 1 aromatic carbocycles. The summed E-state index contributed by atoms with van der Waals surface area (Å²) < 4.78 is 29.5. The van der Waals surface area contributed by atoms with E-state index in [4.69, 9.17) is 4.74 Å². The Morgan fingerprint density at radius 1 is 1.37 bits per heavy atom. The van der Waals surface area contributed by atoms with Crippen molar-refractivity contribution >= 4 is 9.84 Å². The maximum Gasteiger partial charge on any atom is 0.155 e. The quantitative estimate of drug-likeness (QED) is 0.823. The molecule has 0 spiro atoms. The first-order valence-corrected chi connectivity index (χ1v) is 7.91. The van der Waals surface area contributed by atoms with Crippen LogP contribution in [0.5, 0.6) is 0 Å². The molecule has 0 N–H and O–H groups in total. The van der Waals surface area contributed by atoms with E-state index in [9.17, 15) is 13.7 Å². The standard InChI is InChI=1S/C14H17NO3S/c1-3-19(16,17)13-12(11-7-5-4-6-8-11)14(13,9-15)10-18-2/h4-8,12-13H,3,10H2,1-2H3/t12-,13-,14-/m1/s1. The van der Waals surface area contributed by atoms with E-state index in [2.05, 4.69) is 6.07 Å². The number of hydrogen-bond acceptors (Lipinski definition) is 4. The van der Waals surface area contributed by atoms with Gasteiger partial charge < -0.3 is 4.74 Å². The van der Waals surface area contributed by atoms with Gasteiger partial charge in [0.05, 0.1) is 17.9 Å². The molecule has 0 bridgehead atoms. The van der Waals surface area contributed by atoms with E-state index in [0.29, 0.717) is 0 Å². The van der Waals surface area contributed by atoms with E-state index >= 15 is 0 Å². The number of ether oxygens (including phenoxy) is 1. The van der Waals surface area contributed by atoms with Crippen LogP contribution in [0.3, 0.4) is 0 Å². The molecule has 5 heteroatoms. The van der Waals surface area contributed by atoms with E-state index in [-0.39, 0.29) is 18.3 Å². The number of hydrogen-bond donors (Lipinski definition) is 0. The molecule has 4 nitrogen and oxygen atoms in total. The maximum absolute atomic E-state index is 12.2. The van der Waals surface area contributed by atoms with Crippen LogP contribution in [-0.4, -0.2) is 33.1 Å². The topological polar surface area (TPSA) is 67.2 Å². The van der Waals surface area contributed by atoms with Crippen molar-refractivity contribution in [3.05, 3.63) is 35.9 Å². The van der Waals surface area contributed by atoms with E-state index in [1.807, 2.05) is 30.3 Å². The van der Waals surface area contributed by atoms with E-state index < -0.39 is 20.5 Å². The lowest BCUT2D eigenvalue weighted by Crippen LogP contribution is -2.20. The summed E-state index contributed by atoms with van der Waals surface area (Å²) >= 11 is 0. The molecule has 2 rings (SSSR count). The molecular formula is C14H17NO3S. The van der Waals surface area contributed by atoms with Crippen LogP contribution in [0.2, 0.25) is 0 Å². The number of nitriles is 1. The summed E-state index contributed by atoms with van der Waals surface area (Å²) in [7, 11) is -1.77. The van der Waals surface area contributed by atoms with Crippen LogP contribution in [-0.2, 0) is 14.6 Å². The number of rotatable bonds is 5. The van der Waals surface area contributed by atoms with Gasteiger partial charge in [0, 0.05) is 18.8 Å².